The van der Waals surface area contributed by atoms with Gasteiger partial charge in [0.25, 0.3) is 0 Å². The zero-order chi connectivity index (χ0) is 10.9. The molecule has 0 saturated carbocycles. The maximum atomic E-state index is 8.96. The van der Waals surface area contributed by atoms with Crippen LogP contribution in [0.4, 0.5) is 0 Å². The predicted molar refractivity (Wildman–Crippen MR) is 62.6 cm³/mol. The summed E-state index contributed by atoms with van der Waals surface area (Å²) in [6.45, 7) is 0.100. The Bertz CT molecular complexity index is 333. The monoisotopic (exact) mass is 221 g/mol. The summed E-state index contributed by atoms with van der Waals surface area (Å²) in [7, 11) is 0. The lowest BCUT2D eigenvalue weighted by molar-refractivity contribution is 0.281. The molecule has 0 aliphatic carbocycles. The van der Waals surface area contributed by atoms with Crippen LogP contribution < -0.4 is 0 Å². The van der Waals surface area contributed by atoms with Crippen LogP contribution >= 0.6 is 11.8 Å². The lowest BCUT2D eigenvalue weighted by Gasteiger charge is -2.02. The Labute approximate surface area is 94.9 Å². The largest absolute Gasteiger partial charge is 0.392 e. The zero-order valence-electron chi connectivity index (χ0n) is 8.65. The van der Waals surface area contributed by atoms with Crippen LogP contribution in [0.25, 0.3) is 0 Å². The second-order valence-electron chi connectivity index (χ2n) is 3.27. The number of thioether (sulfide) groups is 1. The van der Waals surface area contributed by atoms with Gasteiger partial charge in [-0.3, -0.25) is 0 Å². The van der Waals surface area contributed by atoms with E-state index in [0.29, 0.717) is 6.42 Å². The first-order chi connectivity index (χ1) is 7.36. The summed E-state index contributed by atoms with van der Waals surface area (Å²) in [5.74, 6) is 1.04. The molecule has 0 aliphatic rings. The smallest absolute Gasteiger partial charge is 0.0682 e. The number of nitrogens with zero attached hydrogens (tertiary/aromatic N) is 1. The number of unbranched alkanes of at least 4 members (excludes halogenated alkanes) is 2. The molecule has 3 heteroatoms. The van der Waals surface area contributed by atoms with Crippen molar-refractivity contribution >= 4 is 11.8 Å². The van der Waals surface area contributed by atoms with Gasteiger partial charge in [-0.2, -0.15) is 5.26 Å². The van der Waals surface area contributed by atoms with E-state index in [1.54, 1.807) is 11.8 Å². The highest BCUT2D eigenvalue weighted by atomic mass is 32.2. The molecule has 1 aromatic carbocycles. The molecule has 0 aromatic heterocycles. The van der Waals surface area contributed by atoms with Gasteiger partial charge >= 0.3 is 0 Å². The summed E-state index contributed by atoms with van der Waals surface area (Å²) < 4.78 is 0. The lowest BCUT2D eigenvalue weighted by atomic mass is 10.2. The fourth-order valence-corrected chi connectivity index (χ4v) is 2.22. The van der Waals surface area contributed by atoms with Crippen molar-refractivity contribution in [2.45, 2.75) is 30.8 Å². The standard InChI is InChI=1S/C12H15NOS/c13-7-2-1-3-8-15-12-6-4-5-11(9-12)10-14/h4-6,9,14H,1-3,8,10H2. The van der Waals surface area contributed by atoms with Gasteiger partial charge in [-0.1, -0.05) is 12.1 Å². The second kappa shape index (κ2) is 7.33. The molecule has 0 saturated heterocycles. The number of nitriles is 1. The van der Waals surface area contributed by atoms with Crippen molar-refractivity contribution in [3.05, 3.63) is 29.8 Å². The fraction of sp³-hybridized carbons (Fsp3) is 0.417. The van der Waals surface area contributed by atoms with Crippen molar-refractivity contribution < 1.29 is 5.11 Å². The highest BCUT2D eigenvalue weighted by molar-refractivity contribution is 7.99. The van der Waals surface area contributed by atoms with Gasteiger partial charge in [-0.05, 0) is 36.3 Å². The van der Waals surface area contributed by atoms with Crippen LogP contribution in [-0.4, -0.2) is 10.9 Å². The van der Waals surface area contributed by atoms with Crippen LogP contribution in [0.15, 0.2) is 29.2 Å². The van der Waals surface area contributed by atoms with Crippen LogP contribution in [-0.2, 0) is 6.61 Å². The maximum absolute atomic E-state index is 8.96. The van der Waals surface area contributed by atoms with Gasteiger partial charge in [0, 0.05) is 11.3 Å². The Morgan fingerprint density at radius 1 is 1.33 bits per heavy atom. The van der Waals surface area contributed by atoms with E-state index in [9.17, 15) is 0 Å². The first-order valence-electron chi connectivity index (χ1n) is 5.06. The molecule has 80 valence electrons. The minimum atomic E-state index is 0.100. The van der Waals surface area contributed by atoms with Crippen LogP contribution in [0.1, 0.15) is 24.8 Å². The molecule has 15 heavy (non-hydrogen) atoms. The molecule has 2 nitrogen and oxygen atoms in total. The number of hydrogen-bond donors (Lipinski definition) is 1. The first kappa shape index (κ1) is 12.1. The summed E-state index contributed by atoms with van der Waals surface area (Å²) >= 11 is 1.78. The Hall–Kier alpha value is -0.980. The average Bonchev–Trinajstić information content (AvgIpc) is 2.29. The van der Waals surface area contributed by atoms with Crippen molar-refractivity contribution in [2.75, 3.05) is 5.75 Å². The number of rotatable bonds is 6. The summed E-state index contributed by atoms with van der Waals surface area (Å²) in [4.78, 5) is 1.19. The molecule has 1 aromatic rings. The summed E-state index contributed by atoms with van der Waals surface area (Å²) in [5, 5.41) is 17.3. The predicted octanol–water partition coefficient (Wildman–Crippen LogP) is 2.96. The fourth-order valence-electron chi connectivity index (χ4n) is 1.23. The molecule has 0 spiro atoms. The molecular weight excluding hydrogens is 206 g/mol. The molecule has 0 bridgehead atoms. The van der Waals surface area contributed by atoms with Crippen molar-refractivity contribution in [3.63, 3.8) is 0 Å². The number of benzene rings is 1. The van der Waals surface area contributed by atoms with Gasteiger partial charge in [0.15, 0.2) is 0 Å². The molecule has 0 atom stereocenters. The van der Waals surface area contributed by atoms with Gasteiger partial charge in [0.2, 0.25) is 0 Å². The highest BCUT2D eigenvalue weighted by Crippen LogP contribution is 2.20. The first-order valence-corrected chi connectivity index (χ1v) is 6.05. The third-order valence-electron chi connectivity index (χ3n) is 2.03. The summed E-state index contributed by atoms with van der Waals surface area (Å²) in [6, 6.07) is 10.1. The Morgan fingerprint density at radius 3 is 2.93 bits per heavy atom. The summed E-state index contributed by atoms with van der Waals surface area (Å²) in [6.07, 6.45) is 2.70. The molecule has 0 radical (unpaired) electrons. The minimum absolute atomic E-state index is 0.100. The van der Waals surface area contributed by atoms with Crippen LogP contribution in [0.5, 0.6) is 0 Å². The van der Waals surface area contributed by atoms with E-state index in [0.717, 1.165) is 24.2 Å². The van der Waals surface area contributed by atoms with Crippen molar-refractivity contribution in [1.29, 1.82) is 5.26 Å². The van der Waals surface area contributed by atoms with E-state index in [1.165, 1.54) is 4.90 Å². The third-order valence-corrected chi connectivity index (χ3v) is 3.11. The van der Waals surface area contributed by atoms with Gasteiger partial charge in [-0.25, -0.2) is 0 Å². The van der Waals surface area contributed by atoms with E-state index in [-0.39, 0.29) is 6.61 Å². The Morgan fingerprint density at radius 2 is 2.20 bits per heavy atom. The van der Waals surface area contributed by atoms with Gasteiger partial charge < -0.3 is 5.11 Å². The van der Waals surface area contributed by atoms with E-state index < -0.39 is 0 Å². The van der Waals surface area contributed by atoms with Crippen LogP contribution in [0.2, 0.25) is 0 Å². The molecule has 1 rings (SSSR count). The third kappa shape index (κ3) is 4.87. The van der Waals surface area contributed by atoms with Gasteiger partial charge in [0.05, 0.1) is 12.7 Å². The van der Waals surface area contributed by atoms with Crippen molar-refractivity contribution in [3.8, 4) is 6.07 Å². The highest BCUT2D eigenvalue weighted by Gasteiger charge is 1.96. The molecule has 1 N–H and O–H groups in total. The quantitative estimate of drug-likeness (QED) is 0.593. The number of aliphatic hydroxyl groups excluding tert-OH is 1. The maximum Gasteiger partial charge on any atom is 0.0682 e. The molecule has 0 heterocycles. The van der Waals surface area contributed by atoms with E-state index in [1.807, 2.05) is 24.3 Å². The molecule has 0 fully saturated rings. The molecule has 0 amide bonds. The normalized spacial score (nSPS) is 9.87. The average molecular weight is 221 g/mol. The lowest BCUT2D eigenvalue weighted by Crippen LogP contribution is -1.84. The zero-order valence-corrected chi connectivity index (χ0v) is 9.46. The summed E-state index contributed by atoms with van der Waals surface area (Å²) in [5.41, 5.74) is 0.956. The number of aliphatic hydroxyl groups is 1. The Kier molecular flexibility index (Phi) is 5.91. The topological polar surface area (TPSA) is 44.0 Å². The molecule has 0 aliphatic heterocycles. The van der Waals surface area contributed by atoms with Crippen LogP contribution in [0.3, 0.4) is 0 Å². The van der Waals surface area contributed by atoms with E-state index >= 15 is 0 Å². The number of hydrogen-bond acceptors (Lipinski definition) is 3. The van der Waals surface area contributed by atoms with Crippen LogP contribution in [0, 0.1) is 11.3 Å². The molecular formula is C12H15NOS. The Balaban J connectivity index is 2.28. The van der Waals surface area contributed by atoms with E-state index in [4.69, 9.17) is 10.4 Å². The second-order valence-corrected chi connectivity index (χ2v) is 4.44. The van der Waals surface area contributed by atoms with E-state index in [2.05, 4.69) is 6.07 Å². The van der Waals surface area contributed by atoms with Crippen molar-refractivity contribution in [2.24, 2.45) is 0 Å². The van der Waals surface area contributed by atoms with Crippen molar-refractivity contribution in [1.82, 2.24) is 0 Å². The van der Waals surface area contributed by atoms with Gasteiger partial charge in [0.1, 0.15) is 0 Å². The molecule has 0 unspecified atom stereocenters. The minimum Gasteiger partial charge on any atom is -0.392 e. The van der Waals surface area contributed by atoms with Gasteiger partial charge in [-0.15, -0.1) is 11.8 Å². The SMILES string of the molecule is N#CCCCCSc1cccc(CO)c1.